The molecule has 1 saturated heterocycles. The van der Waals surface area contributed by atoms with Gasteiger partial charge in [0.25, 0.3) is 5.91 Å². The smallest absolute Gasteiger partial charge is 0.251 e. The average Bonchev–Trinajstić information content (AvgIpc) is 2.28. The first-order valence-corrected chi connectivity index (χ1v) is 6.33. The van der Waals surface area contributed by atoms with Crippen LogP contribution in [-0.2, 0) is 0 Å². The highest BCUT2D eigenvalue weighted by Crippen LogP contribution is 2.20. The van der Waals surface area contributed by atoms with E-state index in [2.05, 4.69) is 17.6 Å². The average molecular weight is 248 g/mol. The molecule has 1 aromatic rings. The second-order valence-corrected chi connectivity index (χ2v) is 5.26. The second-order valence-electron chi connectivity index (χ2n) is 5.26. The van der Waals surface area contributed by atoms with Gasteiger partial charge >= 0.3 is 0 Å². The van der Waals surface area contributed by atoms with Crippen molar-refractivity contribution in [3.63, 3.8) is 0 Å². The Hall–Kier alpha value is -1.55. The van der Waals surface area contributed by atoms with Gasteiger partial charge in [-0.15, -0.1) is 0 Å². The molecular weight excluding hydrogens is 228 g/mol. The number of carbonyl (C=O) groups excluding carboxylic acids is 1. The molecule has 1 amide bonds. The molecule has 0 atom stereocenters. The summed E-state index contributed by atoms with van der Waals surface area (Å²) in [5.41, 5.74) is 1.30. The lowest BCUT2D eigenvalue weighted by atomic mass is 9.90. The highest BCUT2D eigenvalue weighted by Gasteiger charge is 2.28. The van der Waals surface area contributed by atoms with Gasteiger partial charge in [-0.3, -0.25) is 4.79 Å². The van der Waals surface area contributed by atoms with Gasteiger partial charge in [0.1, 0.15) is 5.75 Å². The predicted octanol–water partition coefficient (Wildman–Crippen LogP) is 1.57. The highest BCUT2D eigenvalue weighted by molar-refractivity contribution is 5.96. The maximum absolute atomic E-state index is 12.2. The molecule has 4 heteroatoms. The van der Waals surface area contributed by atoms with Gasteiger partial charge in [0, 0.05) is 11.1 Å². The predicted molar refractivity (Wildman–Crippen MR) is 70.8 cm³/mol. The van der Waals surface area contributed by atoms with Gasteiger partial charge in [0.05, 0.1) is 0 Å². The Bertz CT molecular complexity index is 451. The van der Waals surface area contributed by atoms with Crippen LogP contribution in [0.5, 0.6) is 5.75 Å². The summed E-state index contributed by atoms with van der Waals surface area (Å²) < 4.78 is 0. The Kier molecular flexibility index (Phi) is 3.57. The summed E-state index contributed by atoms with van der Waals surface area (Å²) in [6.07, 6.45) is 1.88. The Morgan fingerprint density at radius 1 is 1.39 bits per heavy atom. The van der Waals surface area contributed by atoms with Crippen molar-refractivity contribution in [1.82, 2.24) is 10.6 Å². The van der Waals surface area contributed by atoms with E-state index in [-0.39, 0.29) is 17.2 Å². The molecule has 0 saturated carbocycles. The van der Waals surface area contributed by atoms with E-state index < -0.39 is 0 Å². The second kappa shape index (κ2) is 4.98. The third-order valence-corrected chi connectivity index (χ3v) is 3.58. The van der Waals surface area contributed by atoms with Crippen molar-refractivity contribution in [1.29, 1.82) is 0 Å². The Balaban J connectivity index is 2.11. The number of carbonyl (C=O) groups is 1. The first kappa shape index (κ1) is 12.9. The van der Waals surface area contributed by atoms with Gasteiger partial charge in [-0.2, -0.15) is 0 Å². The lowest BCUT2D eigenvalue weighted by Crippen LogP contribution is -2.52. The number of hydrogen-bond donors (Lipinski definition) is 3. The number of hydrogen-bond acceptors (Lipinski definition) is 3. The van der Waals surface area contributed by atoms with Crippen molar-refractivity contribution in [2.75, 3.05) is 13.1 Å². The molecule has 98 valence electrons. The zero-order valence-electron chi connectivity index (χ0n) is 10.9. The summed E-state index contributed by atoms with van der Waals surface area (Å²) in [5.74, 6) is 0.133. The van der Waals surface area contributed by atoms with Gasteiger partial charge in [0.2, 0.25) is 0 Å². The third kappa shape index (κ3) is 2.82. The Morgan fingerprint density at radius 2 is 2.06 bits per heavy atom. The van der Waals surface area contributed by atoms with Crippen LogP contribution in [0, 0.1) is 6.92 Å². The molecule has 4 nitrogen and oxygen atoms in total. The first-order valence-electron chi connectivity index (χ1n) is 6.33. The summed E-state index contributed by atoms with van der Waals surface area (Å²) in [6.45, 7) is 5.79. The van der Waals surface area contributed by atoms with E-state index in [4.69, 9.17) is 0 Å². The fourth-order valence-corrected chi connectivity index (χ4v) is 2.35. The Morgan fingerprint density at radius 3 is 2.67 bits per heavy atom. The number of aromatic hydroxyl groups is 1. The molecular formula is C14H20N2O2. The van der Waals surface area contributed by atoms with Crippen LogP contribution in [0.3, 0.4) is 0 Å². The monoisotopic (exact) mass is 248 g/mol. The molecule has 0 aromatic heterocycles. The SMILES string of the molecule is Cc1cc(O)ccc1C(=O)NC1(C)CCNCC1. The maximum Gasteiger partial charge on any atom is 0.251 e. The minimum atomic E-state index is -0.132. The quantitative estimate of drug-likeness (QED) is 0.744. The van der Waals surface area contributed by atoms with Crippen molar-refractivity contribution in [3.8, 4) is 5.75 Å². The standard InChI is InChI=1S/C14H20N2O2/c1-10-9-11(17)3-4-12(10)13(18)16-14(2)5-7-15-8-6-14/h3-4,9,15,17H,5-8H2,1-2H3,(H,16,18). The molecule has 2 rings (SSSR count). The van der Waals surface area contributed by atoms with Crippen LogP contribution in [0.15, 0.2) is 18.2 Å². The number of piperidine rings is 1. The van der Waals surface area contributed by atoms with Crippen LogP contribution in [0.2, 0.25) is 0 Å². The number of benzene rings is 1. The number of aryl methyl sites for hydroxylation is 1. The van der Waals surface area contributed by atoms with Gasteiger partial charge in [-0.25, -0.2) is 0 Å². The molecule has 18 heavy (non-hydrogen) atoms. The number of amides is 1. The van der Waals surface area contributed by atoms with Gasteiger partial charge in [-0.05, 0) is 63.5 Å². The van der Waals surface area contributed by atoms with Crippen molar-refractivity contribution < 1.29 is 9.90 Å². The molecule has 1 aromatic carbocycles. The van der Waals surface area contributed by atoms with E-state index in [1.54, 1.807) is 18.2 Å². The van der Waals surface area contributed by atoms with Crippen LogP contribution >= 0.6 is 0 Å². The molecule has 1 aliphatic rings. The minimum absolute atomic E-state index is 0.0584. The number of nitrogens with one attached hydrogen (secondary N) is 2. The van der Waals surface area contributed by atoms with E-state index in [0.717, 1.165) is 31.5 Å². The minimum Gasteiger partial charge on any atom is -0.508 e. The number of rotatable bonds is 2. The van der Waals surface area contributed by atoms with E-state index in [1.807, 2.05) is 6.92 Å². The number of phenolic OH excluding ortho intramolecular Hbond substituents is 1. The van der Waals surface area contributed by atoms with Gasteiger partial charge in [0.15, 0.2) is 0 Å². The molecule has 0 unspecified atom stereocenters. The topological polar surface area (TPSA) is 61.4 Å². The van der Waals surface area contributed by atoms with Crippen LogP contribution < -0.4 is 10.6 Å². The van der Waals surface area contributed by atoms with Crippen LogP contribution in [0.25, 0.3) is 0 Å². The molecule has 1 fully saturated rings. The summed E-state index contributed by atoms with van der Waals surface area (Å²) in [5, 5.41) is 15.8. The third-order valence-electron chi connectivity index (χ3n) is 3.58. The fourth-order valence-electron chi connectivity index (χ4n) is 2.35. The van der Waals surface area contributed by atoms with Crippen LogP contribution in [0.1, 0.15) is 35.7 Å². The molecule has 0 aliphatic carbocycles. The summed E-state index contributed by atoms with van der Waals surface area (Å²) >= 11 is 0. The van der Waals surface area contributed by atoms with Crippen molar-refractivity contribution >= 4 is 5.91 Å². The lowest BCUT2D eigenvalue weighted by Gasteiger charge is -2.35. The summed E-state index contributed by atoms with van der Waals surface area (Å²) in [6, 6.07) is 4.83. The maximum atomic E-state index is 12.2. The summed E-state index contributed by atoms with van der Waals surface area (Å²) in [7, 11) is 0. The summed E-state index contributed by atoms with van der Waals surface area (Å²) in [4.78, 5) is 12.2. The first-order chi connectivity index (χ1) is 8.50. The largest absolute Gasteiger partial charge is 0.508 e. The van der Waals surface area contributed by atoms with E-state index in [9.17, 15) is 9.90 Å². The van der Waals surface area contributed by atoms with Gasteiger partial charge in [-0.1, -0.05) is 0 Å². The highest BCUT2D eigenvalue weighted by atomic mass is 16.3. The lowest BCUT2D eigenvalue weighted by molar-refractivity contribution is 0.0887. The van der Waals surface area contributed by atoms with Crippen LogP contribution in [-0.4, -0.2) is 29.6 Å². The van der Waals surface area contributed by atoms with E-state index in [1.165, 1.54) is 0 Å². The molecule has 0 radical (unpaired) electrons. The van der Waals surface area contributed by atoms with E-state index in [0.29, 0.717) is 5.56 Å². The molecule has 1 aliphatic heterocycles. The Labute approximate surface area is 107 Å². The zero-order chi connectivity index (χ0) is 13.2. The van der Waals surface area contributed by atoms with Crippen molar-refractivity contribution in [3.05, 3.63) is 29.3 Å². The van der Waals surface area contributed by atoms with E-state index >= 15 is 0 Å². The fraction of sp³-hybridized carbons (Fsp3) is 0.500. The van der Waals surface area contributed by atoms with Crippen molar-refractivity contribution in [2.24, 2.45) is 0 Å². The van der Waals surface area contributed by atoms with Crippen molar-refractivity contribution in [2.45, 2.75) is 32.2 Å². The molecule has 1 heterocycles. The van der Waals surface area contributed by atoms with Crippen LogP contribution in [0.4, 0.5) is 0 Å². The normalized spacial score (nSPS) is 18.3. The molecule has 0 spiro atoms. The molecule has 0 bridgehead atoms. The zero-order valence-corrected chi connectivity index (χ0v) is 10.9. The molecule has 3 N–H and O–H groups in total. The number of phenols is 1. The van der Waals surface area contributed by atoms with Gasteiger partial charge < -0.3 is 15.7 Å².